The molecule has 4 heteroatoms. The third-order valence-corrected chi connectivity index (χ3v) is 4.51. The normalized spacial score (nSPS) is 37.8. The summed E-state index contributed by atoms with van der Waals surface area (Å²) in [7, 11) is 1.81. The Morgan fingerprint density at radius 1 is 1.44 bits per heavy atom. The van der Waals surface area contributed by atoms with E-state index in [2.05, 4.69) is 24.1 Å². The largest absolute Gasteiger partial charge is 0.394 e. The maximum absolute atomic E-state index is 9.72. The standard InChI is InChI=1S/C14H28N2O2/c1-11(2)15-14(10-17)6-4-12(8-14)16-7-5-13(9-16)18-3/h11-13,15,17H,4-10H2,1-3H3. The van der Waals surface area contributed by atoms with Crippen LogP contribution in [0.25, 0.3) is 0 Å². The molecule has 2 fully saturated rings. The SMILES string of the molecule is COC1CCN(C2CCC(CO)(NC(C)C)C2)C1. The number of nitrogens with one attached hydrogen (secondary N) is 1. The number of methoxy groups -OCH3 is 1. The smallest absolute Gasteiger partial charge is 0.0710 e. The third kappa shape index (κ3) is 3.05. The molecule has 0 aromatic carbocycles. The van der Waals surface area contributed by atoms with E-state index < -0.39 is 0 Å². The highest BCUT2D eigenvalue weighted by Gasteiger charge is 2.42. The van der Waals surface area contributed by atoms with Gasteiger partial charge in [0.05, 0.1) is 12.7 Å². The molecule has 0 amide bonds. The summed E-state index contributed by atoms with van der Waals surface area (Å²) >= 11 is 0. The van der Waals surface area contributed by atoms with Gasteiger partial charge in [0.2, 0.25) is 0 Å². The van der Waals surface area contributed by atoms with Crippen molar-refractivity contribution in [1.82, 2.24) is 10.2 Å². The molecule has 1 saturated carbocycles. The second-order valence-electron chi connectivity index (χ2n) is 6.28. The molecule has 18 heavy (non-hydrogen) atoms. The molecular weight excluding hydrogens is 228 g/mol. The minimum absolute atomic E-state index is 0.0516. The van der Waals surface area contributed by atoms with Gasteiger partial charge in [0.1, 0.15) is 0 Å². The van der Waals surface area contributed by atoms with E-state index in [1.165, 1.54) is 6.42 Å². The molecule has 1 heterocycles. The van der Waals surface area contributed by atoms with Crippen molar-refractivity contribution >= 4 is 0 Å². The van der Waals surface area contributed by atoms with Crippen molar-refractivity contribution < 1.29 is 9.84 Å². The van der Waals surface area contributed by atoms with Crippen LogP contribution >= 0.6 is 0 Å². The zero-order valence-corrected chi connectivity index (χ0v) is 12.0. The highest BCUT2D eigenvalue weighted by molar-refractivity contribution is 5.01. The van der Waals surface area contributed by atoms with Gasteiger partial charge >= 0.3 is 0 Å². The van der Waals surface area contributed by atoms with Gasteiger partial charge in [0.25, 0.3) is 0 Å². The minimum Gasteiger partial charge on any atom is -0.394 e. The van der Waals surface area contributed by atoms with Crippen LogP contribution in [0.15, 0.2) is 0 Å². The van der Waals surface area contributed by atoms with E-state index in [0.717, 1.165) is 32.4 Å². The van der Waals surface area contributed by atoms with E-state index in [1.807, 2.05) is 0 Å². The number of hydrogen-bond donors (Lipinski definition) is 2. The lowest BCUT2D eigenvalue weighted by Gasteiger charge is -2.32. The first-order valence-corrected chi connectivity index (χ1v) is 7.24. The van der Waals surface area contributed by atoms with Crippen LogP contribution in [0.4, 0.5) is 0 Å². The molecule has 1 saturated heterocycles. The Morgan fingerprint density at radius 2 is 2.22 bits per heavy atom. The maximum Gasteiger partial charge on any atom is 0.0710 e. The Kier molecular flexibility index (Phi) is 4.64. The van der Waals surface area contributed by atoms with Gasteiger partial charge in [-0.3, -0.25) is 4.90 Å². The number of likely N-dealkylation sites (tertiary alicyclic amines) is 1. The summed E-state index contributed by atoms with van der Waals surface area (Å²) in [6.45, 7) is 6.77. The van der Waals surface area contributed by atoms with Crippen LogP contribution in [-0.4, -0.2) is 60.5 Å². The van der Waals surface area contributed by atoms with E-state index in [9.17, 15) is 5.11 Å². The number of aliphatic hydroxyl groups is 1. The lowest BCUT2D eigenvalue weighted by molar-refractivity contribution is 0.0976. The summed E-state index contributed by atoms with van der Waals surface area (Å²) in [5.74, 6) is 0. The van der Waals surface area contributed by atoms with E-state index in [-0.39, 0.29) is 12.1 Å². The fourth-order valence-corrected chi connectivity index (χ4v) is 3.62. The number of hydrogen-bond acceptors (Lipinski definition) is 4. The number of aliphatic hydroxyl groups excluding tert-OH is 1. The minimum atomic E-state index is -0.0516. The average molecular weight is 256 g/mol. The van der Waals surface area contributed by atoms with Gasteiger partial charge in [-0.25, -0.2) is 0 Å². The zero-order valence-electron chi connectivity index (χ0n) is 12.0. The topological polar surface area (TPSA) is 44.7 Å². The molecule has 2 N–H and O–H groups in total. The van der Waals surface area contributed by atoms with Gasteiger partial charge < -0.3 is 15.2 Å². The number of rotatable bonds is 5. The molecule has 3 atom stereocenters. The zero-order chi connectivity index (χ0) is 13.2. The van der Waals surface area contributed by atoms with Crippen LogP contribution in [0.5, 0.6) is 0 Å². The van der Waals surface area contributed by atoms with E-state index in [1.54, 1.807) is 7.11 Å². The van der Waals surface area contributed by atoms with Crippen molar-refractivity contribution in [2.24, 2.45) is 0 Å². The first-order valence-electron chi connectivity index (χ1n) is 7.24. The van der Waals surface area contributed by atoms with E-state index >= 15 is 0 Å². The number of nitrogens with zero attached hydrogens (tertiary/aromatic N) is 1. The van der Waals surface area contributed by atoms with Crippen LogP contribution < -0.4 is 5.32 Å². The third-order valence-electron chi connectivity index (χ3n) is 4.51. The van der Waals surface area contributed by atoms with Crippen molar-refractivity contribution in [3.05, 3.63) is 0 Å². The van der Waals surface area contributed by atoms with Crippen LogP contribution in [0.3, 0.4) is 0 Å². The van der Waals surface area contributed by atoms with Gasteiger partial charge in [-0.2, -0.15) is 0 Å². The van der Waals surface area contributed by atoms with Crippen molar-refractivity contribution in [2.45, 2.75) is 63.3 Å². The van der Waals surface area contributed by atoms with Crippen LogP contribution in [-0.2, 0) is 4.74 Å². The monoisotopic (exact) mass is 256 g/mol. The fraction of sp³-hybridized carbons (Fsp3) is 1.00. The van der Waals surface area contributed by atoms with Gasteiger partial charge in [0.15, 0.2) is 0 Å². The summed E-state index contributed by atoms with van der Waals surface area (Å²) in [6, 6.07) is 1.05. The molecule has 0 radical (unpaired) electrons. The Morgan fingerprint density at radius 3 is 2.78 bits per heavy atom. The van der Waals surface area contributed by atoms with Crippen molar-refractivity contribution in [2.75, 3.05) is 26.8 Å². The molecule has 2 rings (SSSR count). The molecule has 3 unspecified atom stereocenters. The molecule has 0 aromatic heterocycles. The molecule has 0 aromatic rings. The molecule has 1 aliphatic heterocycles. The van der Waals surface area contributed by atoms with Gasteiger partial charge in [0, 0.05) is 37.8 Å². The highest BCUT2D eigenvalue weighted by Crippen LogP contribution is 2.35. The summed E-state index contributed by atoms with van der Waals surface area (Å²) in [4.78, 5) is 2.55. The predicted octanol–water partition coefficient (Wildman–Crippen LogP) is 0.989. The van der Waals surface area contributed by atoms with Crippen LogP contribution in [0.1, 0.15) is 39.5 Å². The second-order valence-corrected chi connectivity index (χ2v) is 6.28. The van der Waals surface area contributed by atoms with E-state index in [0.29, 0.717) is 18.2 Å². The van der Waals surface area contributed by atoms with Crippen molar-refractivity contribution in [3.63, 3.8) is 0 Å². The Bertz CT molecular complexity index is 273. The lowest BCUT2D eigenvalue weighted by atomic mass is 9.97. The second kappa shape index (κ2) is 5.87. The molecule has 0 bridgehead atoms. The summed E-state index contributed by atoms with van der Waals surface area (Å²) in [6.07, 6.45) is 4.90. The maximum atomic E-state index is 9.72. The van der Waals surface area contributed by atoms with Gasteiger partial charge in [-0.15, -0.1) is 0 Å². The Balaban J connectivity index is 1.90. The molecular formula is C14H28N2O2. The van der Waals surface area contributed by atoms with Crippen molar-refractivity contribution in [1.29, 1.82) is 0 Å². The first-order chi connectivity index (χ1) is 8.58. The molecule has 2 aliphatic rings. The Hall–Kier alpha value is -0.160. The average Bonchev–Trinajstić information content (AvgIpc) is 2.94. The fourth-order valence-electron chi connectivity index (χ4n) is 3.62. The highest BCUT2D eigenvalue weighted by atomic mass is 16.5. The molecule has 0 spiro atoms. The first kappa shape index (κ1) is 14.3. The van der Waals surface area contributed by atoms with Gasteiger partial charge in [-0.1, -0.05) is 13.8 Å². The summed E-state index contributed by atoms with van der Waals surface area (Å²) in [5.41, 5.74) is -0.0516. The van der Waals surface area contributed by atoms with Crippen molar-refractivity contribution in [3.8, 4) is 0 Å². The quantitative estimate of drug-likeness (QED) is 0.770. The van der Waals surface area contributed by atoms with Crippen LogP contribution in [0, 0.1) is 0 Å². The molecule has 4 nitrogen and oxygen atoms in total. The molecule has 1 aliphatic carbocycles. The molecule has 106 valence electrons. The van der Waals surface area contributed by atoms with Gasteiger partial charge in [-0.05, 0) is 25.7 Å². The summed E-state index contributed by atoms with van der Waals surface area (Å²) in [5, 5.41) is 13.3. The van der Waals surface area contributed by atoms with Crippen LogP contribution in [0.2, 0.25) is 0 Å². The summed E-state index contributed by atoms with van der Waals surface area (Å²) < 4.78 is 5.44. The number of ether oxygens (including phenoxy) is 1. The lowest BCUT2D eigenvalue weighted by Crippen LogP contribution is -2.50. The predicted molar refractivity (Wildman–Crippen MR) is 72.7 cm³/mol. The van der Waals surface area contributed by atoms with E-state index in [4.69, 9.17) is 4.74 Å². The Labute approximate surface area is 111 Å².